The van der Waals surface area contributed by atoms with Crippen molar-refractivity contribution < 1.29 is 23.9 Å². The first kappa shape index (κ1) is 16.7. The van der Waals surface area contributed by atoms with Crippen LogP contribution in [0, 0.1) is 0 Å². The predicted molar refractivity (Wildman–Crippen MR) is 75.7 cm³/mol. The van der Waals surface area contributed by atoms with Crippen LogP contribution in [0.15, 0.2) is 24.3 Å². The van der Waals surface area contributed by atoms with Crippen LogP contribution >= 0.6 is 0 Å². The first-order valence-electron chi connectivity index (χ1n) is 6.76. The molecule has 6 heteroatoms. The van der Waals surface area contributed by atoms with Crippen molar-refractivity contribution in [3.8, 4) is 0 Å². The van der Waals surface area contributed by atoms with E-state index in [1.54, 1.807) is 45.0 Å². The molecule has 0 aliphatic heterocycles. The molecule has 1 unspecified atom stereocenters. The second kappa shape index (κ2) is 8.04. The van der Waals surface area contributed by atoms with Gasteiger partial charge in [-0.2, -0.15) is 0 Å². The minimum atomic E-state index is -0.840. The van der Waals surface area contributed by atoms with Crippen LogP contribution in [0.25, 0.3) is 0 Å². The van der Waals surface area contributed by atoms with Gasteiger partial charge in [-0.3, -0.25) is 10.1 Å². The Labute approximate surface area is 123 Å². The van der Waals surface area contributed by atoms with Crippen molar-refractivity contribution in [2.75, 3.05) is 6.61 Å². The maximum absolute atomic E-state index is 11.8. The Hall–Kier alpha value is -2.37. The lowest BCUT2D eigenvalue weighted by atomic mass is 10.0. The van der Waals surface area contributed by atoms with E-state index >= 15 is 0 Å². The number of hydrogen-bond donors (Lipinski definition) is 1. The van der Waals surface area contributed by atoms with E-state index in [-0.39, 0.29) is 13.0 Å². The third-order valence-corrected chi connectivity index (χ3v) is 2.74. The highest BCUT2D eigenvalue weighted by molar-refractivity contribution is 5.92. The van der Waals surface area contributed by atoms with Gasteiger partial charge in [0.05, 0.1) is 12.2 Å². The summed E-state index contributed by atoms with van der Waals surface area (Å²) in [6.07, 6.45) is -1.34. The zero-order valence-electron chi connectivity index (χ0n) is 12.3. The number of alkyl carbamates (subject to hydrolysis) is 1. The maximum Gasteiger partial charge on any atom is 0.414 e. The predicted octanol–water partition coefficient (Wildman–Crippen LogP) is 2.59. The number of rotatable bonds is 5. The Morgan fingerprint density at radius 1 is 1.19 bits per heavy atom. The molecule has 0 aliphatic rings. The SMILES string of the molecule is CCOC(=O)c1ccccc1C(C)OC(=O)NC(=O)CC. The number of esters is 1. The largest absolute Gasteiger partial charge is 0.462 e. The molecule has 1 atom stereocenters. The smallest absolute Gasteiger partial charge is 0.414 e. The van der Waals surface area contributed by atoms with Crippen molar-refractivity contribution in [1.29, 1.82) is 0 Å². The number of carbonyl (C=O) groups is 3. The Bertz CT molecular complexity index is 527. The number of amides is 2. The molecule has 2 amide bonds. The molecular weight excluding hydrogens is 274 g/mol. The second-order valence-electron chi connectivity index (χ2n) is 4.26. The highest BCUT2D eigenvalue weighted by Crippen LogP contribution is 2.22. The Morgan fingerprint density at radius 2 is 1.86 bits per heavy atom. The lowest BCUT2D eigenvalue weighted by Gasteiger charge is -2.16. The molecular formula is C15H19NO5. The number of imide groups is 1. The molecule has 0 saturated carbocycles. The first-order chi connectivity index (χ1) is 9.99. The molecule has 0 bridgehead atoms. The van der Waals surface area contributed by atoms with Gasteiger partial charge in [0.2, 0.25) is 5.91 Å². The summed E-state index contributed by atoms with van der Waals surface area (Å²) >= 11 is 0. The van der Waals surface area contributed by atoms with E-state index < -0.39 is 24.1 Å². The van der Waals surface area contributed by atoms with Crippen LogP contribution in [0.2, 0.25) is 0 Å². The van der Waals surface area contributed by atoms with E-state index in [4.69, 9.17) is 9.47 Å². The lowest BCUT2D eigenvalue weighted by Crippen LogP contribution is -2.31. The molecule has 0 radical (unpaired) electrons. The van der Waals surface area contributed by atoms with E-state index in [1.165, 1.54) is 0 Å². The van der Waals surface area contributed by atoms with Crippen LogP contribution in [0.5, 0.6) is 0 Å². The summed E-state index contributed by atoms with van der Waals surface area (Å²) in [7, 11) is 0. The Kier molecular flexibility index (Phi) is 6.39. The van der Waals surface area contributed by atoms with Crippen LogP contribution in [0.4, 0.5) is 4.79 Å². The van der Waals surface area contributed by atoms with Crippen LogP contribution < -0.4 is 5.32 Å². The minimum Gasteiger partial charge on any atom is -0.462 e. The third-order valence-electron chi connectivity index (χ3n) is 2.74. The van der Waals surface area contributed by atoms with Gasteiger partial charge in [-0.05, 0) is 19.9 Å². The monoisotopic (exact) mass is 293 g/mol. The minimum absolute atomic E-state index is 0.183. The van der Waals surface area contributed by atoms with Crippen molar-refractivity contribution in [1.82, 2.24) is 5.32 Å². The van der Waals surface area contributed by atoms with Gasteiger partial charge in [0.15, 0.2) is 0 Å². The Balaban J connectivity index is 2.82. The number of hydrogen-bond acceptors (Lipinski definition) is 5. The molecule has 1 aromatic rings. The van der Waals surface area contributed by atoms with Crippen molar-refractivity contribution >= 4 is 18.0 Å². The van der Waals surface area contributed by atoms with Crippen molar-refractivity contribution in [3.63, 3.8) is 0 Å². The molecule has 0 spiro atoms. The fraction of sp³-hybridized carbons (Fsp3) is 0.400. The van der Waals surface area contributed by atoms with Crippen molar-refractivity contribution in [3.05, 3.63) is 35.4 Å². The van der Waals surface area contributed by atoms with Crippen LogP contribution in [-0.4, -0.2) is 24.6 Å². The van der Waals surface area contributed by atoms with Crippen molar-refractivity contribution in [2.24, 2.45) is 0 Å². The van der Waals surface area contributed by atoms with Gasteiger partial charge in [-0.15, -0.1) is 0 Å². The number of ether oxygens (including phenoxy) is 2. The van der Waals surface area contributed by atoms with E-state index in [1.807, 2.05) is 0 Å². The average molecular weight is 293 g/mol. The second-order valence-corrected chi connectivity index (χ2v) is 4.26. The fourth-order valence-corrected chi connectivity index (χ4v) is 1.70. The molecule has 0 aliphatic carbocycles. The topological polar surface area (TPSA) is 81.7 Å². The highest BCUT2D eigenvalue weighted by atomic mass is 16.6. The summed E-state index contributed by atoms with van der Waals surface area (Å²) in [6, 6.07) is 6.70. The summed E-state index contributed by atoms with van der Waals surface area (Å²) in [5.74, 6) is -0.903. The third kappa shape index (κ3) is 4.91. The molecule has 0 aromatic heterocycles. The first-order valence-corrected chi connectivity index (χ1v) is 6.76. The van der Waals surface area contributed by atoms with Gasteiger partial charge in [-0.25, -0.2) is 9.59 Å². The van der Waals surface area contributed by atoms with E-state index in [0.29, 0.717) is 11.1 Å². The van der Waals surface area contributed by atoms with E-state index in [0.717, 1.165) is 0 Å². The number of carbonyl (C=O) groups excluding carboxylic acids is 3. The van der Waals surface area contributed by atoms with Gasteiger partial charge in [0.25, 0.3) is 0 Å². The number of benzene rings is 1. The lowest BCUT2D eigenvalue weighted by molar-refractivity contribution is -0.120. The van der Waals surface area contributed by atoms with Crippen LogP contribution in [0.1, 0.15) is 49.2 Å². The molecule has 0 heterocycles. The van der Waals surface area contributed by atoms with E-state index in [9.17, 15) is 14.4 Å². The molecule has 114 valence electrons. The van der Waals surface area contributed by atoms with Gasteiger partial charge < -0.3 is 9.47 Å². The summed E-state index contributed by atoms with van der Waals surface area (Å²) in [6.45, 7) is 5.22. The molecule has 0 fully saturated rings. The van der Waals surface area contributed by atoms with Gasteiger partial charge in [-0.1, -0.05) is 25.1 Å². The highest BCUT2D eigenvalue weighted by Gasteiger charge is 2.20. The number of nitrogens with one attached hydrogen (secondary N) is 1. The molecule has 1 N–H and O–H groups in total. The standard InChI is InChI=1S/C15H19NO5/c1-4-13(17)16-15(19)21-10(3)11-8-6-7-9-12(11)14(18)20-5-2/h6-10H,4-5H2,1-3H3,(H,16,17,19). The van der Waals surface area contributed by atoms with Gasteiger partial charge in [0.1, 0.15) is 6.10 Å². The zero-order valence-corrected chi connectivity index (χ0v) is 12.3. The average Bonchev–Trinajstić information content (AvgIpc) is 2.47. The van der Waals surface area contributed by atoms with Crippen LogP contribution in [0.3, 0.4) is 0 Å². The van der Waals surface area contributed by atoms with Gasteiger partial charge >= 0.3 is 12.1 Å². The van der Waals surface area contributed by atoms with Crippen molar-refractivity contribution in [2.45, 2.75) is 33.3 Å². The zero-order chi connectivity index (χ0) is 15.8. The van der Waals surface area contributed by atoms with E-state index in [2.05, 4.69) is 5.32 Å². The van der Waals surface area contributed by atoms with Crippen LogP contribution in [-0.2, 0) is 14.3 Å². The quantitative estimate of drug-likeness (QED) is 0.844. The van der Waals surface area contributed by atoms with Gasteiger partial charge in [0, 0.05) is 12.0 Å². The summed E-state index contributed by atoms with van der Waals surface area (Å²) < 4.78 is 10.1. The molecule has 1 aromatic carbocycles. The normalized spacial score (nSPS) is 11.4. The molecule has 21 heavy (non-hydrogen) atoms. The summed E-state index contributed by atoms with van der Waals surface area (Å²) in [4.78, 5) is 34.5. The molecule has 1 rings (SSSR count). The summed E-state index contributed by atoms with van der Waals surface area (Å²) in [5.41, 5.74) is 0.858. The maximum atomic E-state index is 11.8. The Morgan fingerprint density at radius 3 is 2.48 bits per heavy atom. The summed E-state index contributed by atoms with van der Waals surface area (Å²) in [5, 5.41) is 2.09. The molecule has 0 saturated heterocycles. The molecule has 6 nitrogen and oxygen atoms in total. The fourth-order valence-electron chi connectivity index (χ4n) is 1.70.